The van der Waals surface area contributed by atoms with Gasteiger partial charge in [-0.15, -0.1) is 0 Å². The van der Waals surface area contributed by atoms with Crippen LogP contribution in [0.2, 0.25) is 0 Å². The summed E-state index contributed by atoms with van der Waals surface area (Å²) in [5.74, 6) is 0. The molecule has 0 radical (unpaired) electrons. The summed E-state index contributed by atoms with van der Waals surface area (Å²) in [6, 6.07) is 0. The quantitative estimate of drug-likeness (QED) is 0.500. The molecule has 0 amide bonds. The maximum absolute atomic E-state index is 10.9. The topological polar surface area (TPSA) is 71.0 Å². The Morgan fingerprint density at radius 1 is 1.56 bits per heavy atom. The Balaban J connectivity index is 2.68. The van der Waals surface area contributed by atoms with Crippen LogP contribution in [0, 0.1) is 0 Å². The Labute approximate surface area is 52.5 Å². The molecule has 0 aromatic carbocycles. The summed E-state index contributed by atoms with van der Waals surface area (Å²) in [7, 11) is -3.70. The summed E-state index contributed by atoms with van der Waals surface area (Å²) in [5.41, 5.74) is 0. The molecule has 0 aromatic rings. The van der Waals surface area contributed by atoms with E-state index in [4.69, 9.17) is 4.89 Å². The molecule has 0 bridgehead atoms. The van der Waals surface area contributed by atoms with E-state index in [1.807, 2.05) is 0 Å². The van der Waals surface area contributed by atoms with Gasteiger partial charge in [-0.2, -0.15) is 0 Å². The van der Waals surface area contributed by atoms with E-state index < -0.39 is 7.74 Å². The normalized spacial score (nSPS) is 35.2. The molecule has 1 fully saturated rings. The average Bonchev–Trinajstić information content (AvgIpc) is 2.14. The van der Waals surface area contributed by atoms with Gasteiger partial charge in [0.05, 0.1) is 0 Å². The molecule has 0 saturated carbocycles. The van der Waals surface area contributed by atoms with Crippen LogP contribution >= 0.6 is 7.74 Å². The predicted molar refractivity (Wildman–Crippen MR) is 28.1 cm³/mol. The van der Waals surface area contributed by atoms with Crippen molar-refractivity contribution in [2.75, 3.05) is 20.3 Å². The van der Waals surface area contributed by atoms with Gasteiger partial charge < -0.3 is 0 Å². The van der Waals surface area contributed by atoms with Gasteiger partial charge in [0.15, 0.2) is 0 Å². The van der Waals surface area contributed by atoms with E-state index >= 15 is 0 Å². The van der Waals surface area contributed by atoms with Gasteiger partial charge in [0.25, 0.3) is 0 Å². The van der Waals surface area contributed by atoms with Gasteiger partial charge in [-0.25, -0.2) is 0 Å². The monoisotopic (exact) mass is 155 g/mol. The summed E-state index contributed by atoms with van der Waals surface area (Å²) in [6.45, 7) is 0.206. The minimum atomic E-state index is -4.77. The first-order valence-corrected chi connectivity index (χ1v) is 4.28. The minimum absolute atomic E-state index is 0.103. The van der Waals surface area contributed by atoms with Gasteiger partial charge >= 0.3 is 51.4 Å². The third kappa shape index (κ3) is 1.38. The van der Waals surface area contributed by atoms with E-state index in [2.05, 4.69) is 13.6 Å². The Morgan fingerprint density at radius 3 is 2.22 bits per heavy atom. The van der Waals surface area contributed by atoms with Crippen LogP contribution in [0.5, 0.6) is 0 Å². The first kappa shape index (κ1) is 7.34. The summed E-state index contributed by atoms with van der Waals surface area (Å²) < 4.78 is 12.9. The zero-order chi connectivity index (χ0) is 6.98. The molecule has 0 aliphatic carbocycles. The van der Waals surface area contributed by atoms with Gasteiger partial charge in [-0.05, 0) is 0 Å². The van der Waals surface area contributed by atoms with Gasteiger partial charge in [-0.3, -0.25) is 0 Å². The van der Waals surface area contributed by atoms with Crippen LogP contribution in [0.3, 0.4) is 0 Å². The van der Waals surface area contributed by atoms with E-state index in [-0.39, 0.29) is 13.2 Å². The fourth-order valence-electron chi connectivity index (χ4n) is 0.522. The zero-order valence-electron chi connectivity index (χ0n) is 4.94. The Hall–Kier alpha value is 0.230. The molecule has 1 aliphatic rings. The van der Waals surface area contributed by atoms with Crippen LogP contribution < -0.4 is 4.89 Å². The summed E-state index contributed by atoms with van der Waals surface area (Å²) in [5, 5.41) is 0. The molecule has 5 nitrogen and oxygen atoms in total. The summed E-state index contributed by atoms with van der Waals surface area (Å²) in [6.07, 6.45) is 0. The Bertz CT molecular complexity index is 113. The van der Waals surface area contributed by atoms with Gasteiger partial charge in [-0.1, -0.05) is 0 Å². The fraction of sp³-hybridized carbons (Fsp3) is 1.00. The molecular formula is C3H8O5P-. The zero-order valence-corrected chi connectivity index (χ0v) is 5.84. The van der Waals surface area contributed by atoms with Crippen molar-refractivity contribution in [1.29, 1.82) is 0 Å². The average molecular weight is 155 g/mol. The van der Waals surface area contributed by atoms with Crippen molar-refractivity contribution in [2.24, 2.45) is 0 Å². The van der Waals surface area contributed by atoms with Crippen molar-refractivity contribution in [3.8, 4) is 0 Å². The molecule has 0 atom stereocenters. The predicted octanol–water partition coefficient (Wildman–Crippen LogP) is -0.840. The van der Waals surface area contributed by atoms with Gasteiger partial charge in [0, 0.05) is 0 Å². The van der Waals surface area contributed by atoms with Crippen molar-refractivity contribution in [2.45, 2.75) is 0 Å². The maximum atomic E-state index is 10.9. The number of hydrogen-bond donors (Lipinski definition) is 1. The van der Waals surface area contributed by atoms with Crippen LogP contribution in [0.15, 0.2) is 0 Å². The second-order valence-electron chi connectivity index (χ2n) is 1.62. The van der Waals surface area contributed by atoms with E-state index in [0.29, 0.717) is 0 Å². The third-order valence-electron chi connectivity index (χ3n) is 1.00. The molecule has 56 valence electrons. The SMILES string of the molecule is COP1([O-])(O)OCCO1. The van der Waals surface area contributed by atoms with Gasteiger partial charge in [0.2, 0.25) is 0 Å². The second kappa shape index (κ2) is 1.85. The van der Waals surface area contributed by atoms with Crippen molar-refractivity contribution >= 4 is 7.74 Å². The van der Waals surface area contributed by atoms with E-state index in [1.54, 1.807) is 0 Å². The molecule has 0 spiro atoms. The van der Waals surface area contributed by atoms with Gasteiger partial charge in [0.1, 0.15) is 0 Å². The van der Waals surface area contributed by atoms with E-state index in [1.165, 1.54) is 0 Å². The molecule has 1 saturated heterocycles. The molecule has 1 rings (SSSR count). The van der Waals surface area contributed by atoms with Crippen LogP contribution in [0.4, 0.5) is 0 Å². The first-order chi connectivity index (χ1) is 4.05. The Kier molecular flexibility index (Phi) is 1.51. The number of rotatable bonds is 1. The Morgan fingerprint density at radius 2 is 2.00 bits per heavy atom. The molecule has 1 aliphatic heterocycles. The molecule has 9 heavy (non-hydrogen) atoms. The molecule has 0 unspecified atom stereocenters. The van der Waals surface area contributed by atoms with Crippen LogP contribution in [0.1, 0.15) is 0 Å². The van der Waals surface area contributed by atoms with Crippen molar-refractivity contribution < 1.29 is 23.4 Å². The molecular weight excluding hydrogens is 147 g/mol. The first-order valence-electron chi connectivity index (χ1n) is 2.42. The molecule has 1 N–H and O–H groups in total. The van der Waals surface area contributed by atoms with Crippen LogP contribution in [-0.4, -0.2) is 25.2 Å². The molecule has 0 aromatic heterocycles. The standard InChI is InChI=1S/C3H8O5P/c1-6-9(4,5)7-2-3-8-9/h4H,2-3H2,1H3/q-1. The van der Waals surface area contributed by atoms with Crippen LogP contribution in [0.25, 0.3) is 0 Å². The second-order valence-corrected chi connectivity index (χ2v) is 4.05. The molecule has 6 heteroatoms. The van der Waals surface area contributed by atoms with Crippen molar-refractivity contribution in [1.82, 2.24) is 0 Å². The van der Waals surface area contributed by atoms with Crippen LogP contribution in [-0.2, 0) is 13.6 Å². The fourth-order valence-corrected chi connectivity index (χ4v) is 1.57. The third-order valence-corrected chi connectivity index (χ3v) is 2.84. The summed E-state index contributed by atoms with van der Waals surface area (Å²) >= 11 is 0. The van der Waals surface area contributed by atoms with E-state index in [0.717, 1.165) is 7.11 Å². The van der Waals surface area contributed by atoms with E-state index in [9.17, 15) is 4.89 Å². The van der Waals surface area contributed by atoms with Crippen molar-refractivity contribution in [3.05, 3.63) is 0 Å². The summed E-state index contributed by atoms with van der Waals surface area (Å²) in [4.78, 5) is 19.7. The van der Waals surface area contributed by atoms with Crippen molar-refractivity contribution in [3.63, 3.8) is 0 Å². The number of hydrogen-bond acceptors (Lipinski definition) is 5. The molecule has 1 heterocycles.